The van der Waals surface area contributed by atoms with E-state index >= 15 is 0 Å². The van der Waals surface area contributed by atoms with Crippen LogP contribution in [0.5, 0.6) is 0 Å². The van der Waals surface area contributed by atoms with Gasteiger partial charge in [0, 0.05) is 11.6 Å². The first-order valence-electron chi connectivity index (χ1n) is 5.03. The van der Waals surface area contributed by atoms with Crippen molar-refractivity contribution in [3.63, 3.8) is 0 Å². The second-order valence-electron chi connectivity index (χ2n) is 3.49. The Labute approximate surface area is 90.0 Å². The van der Waals surface area contributed by atoms with E-state index in [-0.39, 0.29) is 5.92 Å². The standard InChI is InChI=1S/C14H13N/c15-14-9-5-4-8-13(14)11-10-12-6-2-1-3-7-12/h1-11,13,15H. The van der Waals surface area contributed by atoms with Crippen LogP contribution in [0.2, 0.25) is 0 Å². The first kappa shape index (κ1) is 9.66. The zero-order valence-electron chi connectivity index (χ0n) is 8.43. The summed E-state index contributed by atoms with van der Waals surface area (Å²) < 4.78 is 0. The van der Waals surface area contributed by atoms with Crippen LogP contribution in [0.3, 0.4) is 0 Å². The van der Waals surface area contributed by atoms with Gasteiger partial charge < -0.3 is 5.41 Å². The van der Waals surface area contributed by atoms with Crippen molar-refractivity contribution in [3.05, 3.63) is 66.3 Å². The highest BCUT2D eigenvalue weighted by Gasteiger charge is 2.06. The van der Waals surface area contributed by atoms with Gasteiger partial charge in [-0.15, -0.1) is 0 Å². The van der Waals surface area contributed by atoms with Crippen LogP contribution in [0.1, 0.15) is 5.56 Å². The van der Waals surface area contributed by atoms with E-state index < -0.39 is 0 Å². The molecule has 74 valence electrons. The third kappa shape index (κ3) is 2.53. The largest absolute Gasteiger partial charge is 0.304 e. The van der Waals surface area contributed by atoms with Crippen molar-refractivity contribution in [3.8, 4) is 0 Å². The van der Waals surface area contributed by atoms with Crippen molar-refractivity contribution in [2.45, 2.75) is 0 Å². The molecule has 1 atom stereocenters. The molecule has 0 fully saturated rings. The highest BCUT2D eigenvalue weighted by atomic mass is 14.4. The molecule has 1 aromatic rings. The Balaban J connectivity index is 2.09. The molecule has 1 nitrogen and oxygen atoms in total. The van der Waals surface area contributed by atoms with Crippen molar-refractivity contribution >= 4 is 11.8 Å². The van der Waals surface area contributed by atoms with Crippen LogP contribution in [-0.4, -0.2) is 5.71 Å². The summed E-state index contributed by atoms with van der Waals surface area (Å²) in [7, 11) is 0. The topological polar surface area (TPSA) is 23.9 Å². The van der Waals surface area contributed by atoms with Crippen LogP contribution < -0.4 is 0 Å². The molecule has 15 heavy (non-hydrogen) atoms. The van der Waals surface area contributed by atoms with Gasteiger partial charge in [0.05, 0.1) is 0 Å². The minimum Gasteiger partial charge on any atom is -0.304 e. The third-order valence-corrected chi connectivity index (χ3v) is 2.36. The predicted molar refractivity (Wildman–Crippen MR) is 65.0 cm³/mol. The predicted octanol–water partition coefficient (Wildman–Crippen LogP) is 3.46. The summed E-state index contributed by atoms with van der Waals surface area (Å²) in [5, 5.41) is 7.72. The number of benzene rings is 1. The van der Waals surface area contributed by atoms with Gasteiger partial charge in [0.25, 0.3) is 0 Å². The normalized spacial score (nSPS) is 20.0. The van der Waals surface area contributed by atoms with E-state index in [0.29, 0.717) is 5.71 Å². The smallest absolute Gasteiger partial charge is 0.0420 e. The zero-order valence-corrected chi connectivity index (χ0v) is 8.43. The molecular weight excluding hydrogens is 182 g/mol. The van der Waals surface area contributed by atoms with E-state index in [1.807, 2.05) is 42.5 Å². The average Bonchev–Trinajstić information content (AvgIpc) is 2.29. The molecular formula is C14H13N. The van der Waals surface area contributed by atoms with E-state index in [9.17, 15) is 0 Å². The number of hydrogen-bond acceptors (Lipinski definition) is 1. The van der Waals surface area contributed by atoms with Gasteiger partial charge in [-0.3, -0.25) is 0 Å². The van der Waals surface area contributed by atoms with Crippen LogP contribution in [0, 0.1) is 11.3 Å². The van der Waals surface area contributed by atoms with Crippen LogP contribution in [0.25, 0.3) is 6.08 Å². The van der Waals surface area contributed by atoms with Gasteiger partial charge in [-0.05, 0) is 11.6 Å². The minimum absolute atomic E-state index is 0.121. The molecule has 1 aromatic carbocycles. The van der Waals surface area contributed by atoms with Gasteiger partial charge in [0.1, 0.15) is 0 Å². The summed E-state index contributed by atoms with van der Waals surface area (Å²) in [5.74, 6) is 0.121. The van der Waals surface area contributed by atoms with Gasteiger partial charge in [-0.25, -0.2) is 0 Å². The zero-order chi connectivity index (χ0) is 10.5. The highest BCUT2D eigenvalue weighted by molar-refractivity contribution is 5.98. The Kier molecular flexibility index (Phi) is 2.93. The van der Waals surface area contributed by atoms with E-state index in [1.165, 1.54) is 5.56 Å². The monoisotopic (exact) mass is 195 g/mol. The molecule has 1 unspecified atom stereocenters. The van der Waals surface area contributed by atoms with Gasteiger partial charge in [-0.1, -0.05) is 60.7 Å². The fourth-order valence-electron chi connectivity index (χ4n) is 1.50. The maximum absolute atomic E-state index is 7.72. The Morgan fingerprint density at radius 1 is 1.07 bits per heavy atom. The van der Waals surface area contributed by atoms with Crippen LogP contribution >= 0.6 is 0 Å². The van der Waals surface area contributed by atoms with Crippen molar-refractivity contribution in [1.82, 2.24) is 0 Å². The molecule has 1 aliphatic rings. The van der Waals surface area contributed by atoms with Gasteiger partial charge >= 0.3 is 0 Å². The lowest BCUT2D eigenvalue weighted by atomic mass is 9.97. The molecule has 0 amide bonds. The first-order chi connectivity index (χ1) is 7.36. The average molecular weight is 195 g/mol. The molecule has 0 aromatic heterocycles. The van der Waals surface area contributed by atoms with Gasteiger partial charge in [0.2, 0.25) is 0 Å². The van der Waals surface area contributed by atoms with Gasteiger partial charge in [-0.2, -0.15) is 0 Å². The van der Waals surface area contributed by atoms with E-state index in [4.69, 9.17) is 5.41 Å². The second-order valence-corrected chi connectivity index (χ2v) is 3.49. The summed E-state index contributed by atoms with van der Waals surface area (Å²) in [4.78, 5) is 0. The number of allylic oxidation sites excluding steroid dienone is 5. The first-order valence-corrected chi connectivity index (χ1v) is 5.03. The summed E-state index contributed by atoms with van der Waals surface area (Å²) in [5.41, 5.74) is 1.82. The second kappa shape index (κ2) is 4.56. The van der Waals surface area contributed by atoms with E-state index in [0.717, 1.165) is 0 Å². The van der Waals surface area contributed by atoms with Crippen molar-refractivity contribution in [1.29, 1.82) is 5.41 Å². The molecule has 0 saturated heterocycles. The lowest BCUT2D eigenvalue weighted by Crippen LogP contribution is -2.07. The Bertz CT molecular complexity index is 424. The maximum Gasteiger partial charge on any atom is 0.0420 e. The van der Waals surface area contributed by atoms with E-state index in [1.54, 1.807) is 0 Å². The van der Waals surface area contributed by atoms with E-state index in [2.05, 4.69) is 24.3 Å². The maximum atomic E-state index is 7.72. The van der Waals surface area contributed by atoms with Crippen molar-refractivity contribution in [2.24, 2.45) is 5.92 Å². The minimum atomic E-state index is 0.121. The lowest BCUT2D eigenvalue weighted by molar-refractivity contribution is 1.12. The molecule has 2 rings (SSSR count). The van der Waals surface area contributed by atoms with Crippen LogP contribution in [-0.2, 0) is 0 Å². The molecule has 1 heteroatoms. The highest BCUT2D eigenvalue weighted by Crippen LogP contribution is 2.12. The van der Waals surface area contributed by atoms with Gasteiger partial charge in [0.15, 0.2) is 0 Å². The Morgan fingerprint density at radius 3 is 2.60 bits per heavy atom. The fraction of sp³-hybridized carbons (Fsp3) is 0.0714. The number of hydrogen-bond donors (Lipinski definition) is 1. The fourth-order valence-corrected chi connectivity index (χ4v) is 1.50. The Morgan fingerprint density at radius 2 is 1.87 bits per heavy atom. The quantitative estimate of drug-likeness (QED) is 0.747. The SMILES string of the molecule is N=C1C=CC=CC1C=Cc1ccccc1. The van der Waals surface area contributed by atoms with Crippen LogP contribution in [0.4, 0.5) is 0 Å². The number of rotatable bonds is 2. The molecule has 0 aliphatic heterocycles. The summed E-state index contributed by atoms with van der Waals surface area (Å²) in [6, 6.07) is 10.1. The summed E-state index contributed by atoms with van der Waals surface area (Å²) in [6.45, 7) is 0. The van der Waals surface area contributed by atoms with Crippen LogP contribution in [0.15, 0.2) is 60.7 Å². The Hall–Kier alpha value is -1.89. The molecule has 0 bridgehead atoms. The summed E-state index contributed by atoms with van der Waals surface area (Å²) in [6.07, 6.45) is 11.9. The molecule has 0 heterocycles. The molecule has 1 aliphatic carbocycles. The van der Waals surface area contributed by atoms with Crippen molar-refractivity contribution < 1.29 is 0 Å². The number of nitrogens with one attached hydrogen (secondary N) is 1. The summed E-state index contributed by atoms with van der Waals surface area (Å²) >= 11 is 0. The molecule has 0 saturated carbocycles. The molecule has 0 spiro atoms. The van der Waals surface area contributed by atoms with Crippen molar-refractivity contribution in [2.75, 3.05) is 0 Å². The lowest BCUT2D eigenvalue weighted by Gasteiger charge is -2.08. The third-order valence-electron chi connectivity index (χ3n) is 2.36. The molecule has 0 radical (unpaired) electrons. The molecule has 1 N–H and O–H groups in total.